The average Bonchev–Trinajstić information content (AvgIpc) is 2.80. The average molecular weight is 748 g/mol. The number of halogens is 27. The quantitative estimate of drug-likeness (QED) is 0.250. The number of rotatable bonds is 9. The van der Waals surface area contributed by atoms with Crippen LogP contribution in [0.4, 0.5) is 119 Å². The largest absolute Gasteiger partial charge is 0.507 e. The molecule has 0 saturated heterocycles. The van der Waals surface area contributed by atoms with Crippen LogP contribution in [-0.4, -0.2) is 59.2 Å². The van der Waals surface area contributed by atoms with Crippen LogP contribution in [0, 0.1) is 0 Å². The van der Waals surface area contributed by atoms with Crippen LogP contribution in [0.5, 0.6) is 5.75 Å². The summed E-state index contributed by atoms with van der Waals surface area (Å²) in [5, 5.41) is 9.37. The predicted molar refractivity (Wildman–Crippen MR) is 87.6 cm³/mol. The van der Waals surface area contributed by atoms with E-state index in [0.29, 0.717) is 0 Å². The summed E-state index contributed by atoms with van der Waals surface area (Å²) in [6.07, 6.45) is -23.9. The Labute approximate surface area is 231 Å². The molecule has 0 amide bonds. The number of hydrogen-bond acceptors (Lipinski definition) is 1. The van der Waals surface area contributed by atoms with E-state index in [-0.39, 0.29) is 0 Å². The minimum Gasteiger partial charge on any atom is -0.507 e. The Morgan fingerprint density at radius 2 is 0.500 bits per heavy atom. The van der Waals surface area contributed by atoms with Crippen LogP contribution in [0.15, 0.2) is 12.1 Å². The zero-order valence-electron chi connectivity index (χ0n) is 19.8. The monoisotopic (exact) mass is 748 g/mol. The summed E-state index contributed by atoms with van der Waals surface area (Å²) in [4.78, 5) is 0. The molecule has 1 aromatic rings. The van der Waals surface area contributed by atoms with Gasteiger partial charge in [-0.2, -0.15) is 119 Å². The lowest BCUT2D eigenvalue weighted by molar-refractivity contribution is -0.402. The van der Waals surface area contributed by atoms with Crippen molar-refractivity contribution in [3.05, 3.63) is 28.8 Å². The first kappa shape index (κ1) is 41.2. The predicted octanol–water partition coefficient (Wildman–Crippen LogP) is 10.2. The van der Waals surface area contributed by atoms with Crippen molar-refractivity contribution in [1.82, 2.24) is 0 Å². The van der Waals surface area contributed by atoms with Crippen molar-refractivity contribution in [2.24, 2.45) is 0 Å². The zero-order chi connectivity index (χ0) is 37.7. The second-order valence-corrected chi connectivity index (χ2v) is 8.58. The van der Waals surface area contributed by atoms with Crippen LogP contribution in [0.25, 0.3) is 0 Å². The van der Waals surface area contributed by atoms with Gasteiger partial charge in [0, 0.05) is 5.56 Å². The third-order valence-electron chi connectivity index (χ3n) is 5.58. The topological polar surface area (TPSA) is 20.2 Å². The highest BCUT2D eigenvalue weighted by Crippen LogP contribution is 2.64. The summed E-state index contributed by atoms with van der Waals surface area (Å²) < 4.78 is 360. The maximum Gasteiger partial charge on any atom is 0.460 e. The van der Waals surface area contributed by atoms with Crippen molar-refractivity contribution >= 4 is 0 Å². The molecule has 0 aliphatic rings. The summed E-state index contributed by atoms with van der Waals surface area (Å²) in [6.45, 7) is 0. The Morgan fingerprint density at radius 1 is 0.304 bits per heavy atom. The molecule has 0 aliphatic heterocycles. The molecule has 0 bridgehead atoms. The lowest BCUT2D eigenvalue weighted by Crippen LogP contribution is -2.61. The second kappa shape index (κ2) is 10.3. The van der Waals surface area contributed by atoms with E-state index in [4.69, 9.17) is 0 Å². The molecule has 0 fully saturated rings. The summed E-state index contributed by atoms with van der Waals surface area (Å²) in [6, 6.07) is -4.87. The molecule has 1 N–H and O–H groups in total. The fourth-order valence-corrected chi connectivity index (χ4v) is 2.94. The Hall–Kier alpha value is -2.87. The summed E-state index contributed by atoms with van der Waals surface area (Å²) in [7, 11) is 0. The molecule has 0 saturated carbocycles. The highest BCUT2D eigenvalue weighted by Gasteiger charge is 2.86. The van der Waals surface area contributed by atoms with E-state index >= 15 is 0 Å². The molecule has 270 valence electrons. The number of phenolic OH excluding ortho intramolecular Hbond substituents is 1. The third kappa shape index (κ3) is 5.27. The molecule has 46 heavy (non-hydrogen) atoms. The maximum atomic E-state index is 14.4. The molecule has 0 atom stereocenters. The first-order chi connectivity index (χ1) is 19.5. The molecule has 0 heterocycles. The first-order valence-electron chi connectivity index (χ1n) is 9.98. The Balaban J connectivity index is 4.58. The van der Waals surface area contributed by atoms with Gasteiger partial charge in [0.2, 0.25) is 0 Å². The van der Waals surface area contributed by atoms with Gasteiger partial charge in [0.05, 0.1) is 11.1 Å². The number of hydrogen-bond donors (Lipinski definition) is 1. The van der Waals surface area contributed by atoms with Crippen molar-refractivity contribution in [3.8, 4) is 5.75 Å². The summed E-state index contributed by atoms with van der Waals surface area (Å²) >= 11 is 0. The van der Waals surface area contributed by atoms with E-state index in [0.717, 1.165) is 0 Å². The van der Waals surface area contributed by atoms with Crippen LogP contribution < -0.4 is 0 Å². The van der Waals surface area contributed by atoms with Gasteiger partial charge in [0.25, 0.3) is 0 Å². The van der Waals surface area contributed by atoms with Crippen molar-refractivity contribution in [1.29, 1.82) is 0 Å². The van der Waals surface area contributed by atoms with Crippen molar-refractivity contribution < 1.29 is 124 Å². The summed E-state index contributed by atoms with van der Waals surface area (Å²) in [5.41, 5.74) is -13.7. The van der Waals surface area contributed by atoms with Crippen LogP contribution >= 0.6 is 0 Å². The Bertz CT molecular complexity index is 1220. The molecule has 0 spiro atoms. The first-order valence-corrected chi connectivity index (χ1v) is 9.98. The highest BCUT2D eigenvalue weighted by atomic mass is 19.4. The number of phenols is 1. The van der Waals surface area contributed by atoms with E-state index in [9.17, 15) is 124 Å². The van der Waals surface area contributed by atoms with Gasteiger partial charge in [-0.3, -0.25) is 0 Å². The summed E-state index contributed by atoms with van der Waals surface area (Å²) in [5.74, 6) is -78.8. The van der Waals surface area contributed by atoms with Crippen molar-refractivity contribution in [2.75, 3.05) is 0 Å². The van der Waals surface area contributed by atoms with Crippen LogP contribution in [0.1, 0.15) is 16.7 Å². The van der Waals surface area contributed by atoms with Gasteiger partial charge < -0.3 is 5.11 Å². The van der Waals surface area contributed by atoms with Gasteiger partial charge in [-0.25, -0.2) is 0 Å². The molecule has 0 radical (unpaired) electrons. The van der Waals surface area contributed by atoms with Gasteiger partial charge in [0.1, 0.15) is 5.75 Å². The van der Waals surface area contributed by atoms with Gasteiger partial charge in [-0.1, -0.05) is 0 Å². The smallest absolute Gasteiger partial charge is 0.460 e. The minimum atomic E-state index is -8.47. The van der Waals surface area contributed by atoms with Gasteiger partial charge >= 0.3 is 71.8 Å². The maximum absolute atomic E-state index is 14.4. The fourth-order valence-electron chi connectivity index (χ4n) is 2.94. The van der Waals surface area contributed by atoms with Crippen LogP contribution in [0.2, 0.25) is 0 Å². The molecule has 1 rings (SSSR count). The van der Waals surface area contributed by atoms with Gasteiger partial charge in [-0.05, 0) is 12.1 Å². The van der Waals surface area contributed by atoms with Crippen molar-refractivity contribution in [3.63, 3.8) is 0 Å². The fraction of sp³-hybridized carbons (Fsp3) is 0.667. The van der Waals surface area contributed by atoms with E-state index in [1.54, 1.807) is 0 Å². The molecular weight excluding hydrogens is 745 g/mol. The standard InChI is InChI=1S/C18H3F27O/c19-7(20,10(25,26)13(31,32)16(37,38)39)3-1-4(8(21,22)11(27,28)14(33,34)17(40,41)42)6(46)5(2-3)9(23,24)12(29,30)15(35,36)18(43,44)45/h1-2,46H. The van der Waals surface area contributed by atoms with Crippen LogP contribution in [-0.2, 0) is 17.8 Å². The molecule has 1 aromatic carbocycles. The number of aromatic hydroxyl groups is 1. The lowest BCUT2D eigenvalue weighted by atomic mass is 9.85. The SMILES string of the molecule is Oc1c(C(F)(F)C(F)(F)C(F)(F)C(F)(F)F)cc(C(F)(F)C(F)(F)C(F)(F)C(F)(F)F)cc1C(F)(F)C(F)(F)C(F)(F)C(F)(F)F. The third-order valence-corrected chi connectivity index (χ3v) is 5.58. The van der Waals surface area contributed by atoms with E-state index in [1.807, 2.05) is 0 Å². The highest BCUT2D eigenvalue weighted by molar-refractivity contribution is 5.51. The number of alkyl halides is 27. The molecule has 1 nitrogen and oxygen atoms in total. The number of benzene rings is 1. The second-order valence-electron chi connectivity index (χ2n) is 8.58. The molecule has 28 heteroatoms. The van der Waals surface area contributed by atoms with Gasteiger partial charge in [-0.15, -0.1) is 0 Å². The Morgan fingerprint density at radius 3 is 0.696 bits per heavy atom. The normalized spacial score (nSPS) is 16.2. The van der Waals surface area contributed by atoms with Crippen LogP contribution in [0.3, 0.4) is 0 Å². The Kier molecular flexibility index (Phi) is 9.23. The molecule has 0 aliphatic carbocycles. The lowest BCUT2D eigenvalue weighted by Gasteiger charge is -2.38. The molecule has 0 aromatic heterocycles. The molecule has 0 unspecified atom stereocenters. The van der Waals surface area contributed by atoms with Crippen molar-refractivity contribution in [2.45, 2.75) is 71.8 Å². The van der Waals surface area contributed by atoms with E-state index < -0.39 is 106 Å². The van der Waals surface area contributed by atoms with E-state index in [1.165, 1.54) is 0 Å². The van der Waals surface area contributed by atoms with Gasteiger partial charge in [0.15, 0.2) is 0 Å². The minimum absolute atomic E-state index is 2.43. The zero-order valence-corrected chi connectivity index (χ0v) is 19.8. The molecular formula is C18H3F27O. The van der Waals surface area contributed by atoms with E-state index in [2.05, 4.69) is 0 Å².